The van der Waals surface area contributed by atoms with Gasteiger partial charge in [-0.15, -0.1) is 11.8 Å². The van der Waals surface area contributed by atoms with Gasteiger partial charge in [0, 0.05) is 10.6 Å². The van der Waals surface area contributed by atoms with Gasteiger partial charge in [0.15, 0.2) is 0 Å². The fraction of sp³-hybridized carbons (Fsp3) is 0.0476. The van der Waals surface area contributed by atoms with E-state index >= 15 is 0 Å². The minimum Gasteiger partial charge on any atom is -0.398 e. The van der Waals surface area contributed by atoms with Crippen molar-refractivity contribution < 1.29 is 0 Å². The Morgan fingerprint density at radius 3 is 1.91 bits per heavy atom. The Balaban J connectivity index is 1.92. The molecule has 2 N–H and O–H groups in total. The molecule has 1 aliphatic carbocycles. The smallest absolute Gasteiger partial charge is 0.0452 e. The highest BCUT2D eigenvalue weighted by molar-refractivity contribution is 7.98. The molecule has 1 nitrogen and oxygen atoms in total. The molecular weight excluding hydrogens is 298 g/mol. The van der Waals surface area contributed by atoms with Crippen LogP contribution >= 0.6 is 11.8 Å². The van der Waals surface area contributed by atoms with E-state index in [9.17, 15) is 0 Å². The summed E-state index contributed by atoms with van der Waals surface area (Å²) in [5, 5.41) is 0. The Hall–Kier alpha value is -2.45. The average Bonchev–Trinajstić information content (AvgIpc) is 2.91. The maximum absolute atomic E-state index is 6.02. The van der Waals surface area contributed by atoms with Gasteiger partial charge in [0.1, 0.15) is 0 Å². The average molecular weight is 315 g/mol. The van der Waals surface area contributed by atoms with Crippen LogP contribution in [0.4, 0.5) is 5.69 Å². The third kappa shape index (κ3) is 2.36. The van der Waals surface area contributed by atoms with Gasteiger partial charge >= 0.3 is 0 Å². The largest absolute Gasteiger partial charge is 0.398 e. The number of hydrogen-bond donors (Lipinski definition) is 1. The lowest BCUT2D eigenvalue weighted by molar-refractivity contribution is 1.45. The van der Waals surface area contributed by atoms with Crippen LogP contribution in [0.1, 0.15) is 16.7 Å². The number of rotatable bonds is 2. The van der Waals surface area contributed by atoms with Crippen LogP contribution in [-0.4, -0.2) is 6.26 Å². The topological polar surface area (TPSA) is 26.0 Å². The number of hydrogen-bond acceptors (Lipinski definition) is 2. The van der Waals surface area contributed by atoms with E-state index in [4.69, 9.17) is 5.73 Å². The van der Waals surface area contributed by atoms with Crippen LogP contribution in [0.3, 0.4) is 0 Å². The first-order valence-corrected chi connectivity index (χ1v) is 8.85. The van der Waals surface area contributed by atoms with Gasteiger partial charge in [-0.1, -0.05) is 54.6 Å². The Morgan fingerprint density at radius 2 is 1.35 bits per heavy atom. The lowest BCUT2D eigenvalue weighted by Gasteiger charge is -2.06. The molecule has 23 heavy (non-hydrogen) atoms. The van der Waals surface area contributed by atoms with Gasteiger partial charge in [-0.05, 0) is 57.9 Å². The van der Waals surface area contributed by atoms with Crippen molar-refractivity contribution in [3.05, 3.63) is 83.4 Å². The van der Waals surface area contributed by atoms with Gasteiger partial charge in [0.05, 0.1) is 0 Å². The number of nitrogen functional groups attached to an aromatic ring is 1. The second kappa shape index (κ2) is 5.64. The number of benzene rings is 3. The zero-order valence-electron chi connectivity index (χ0n) is 12.9. The molecular formula is C21H17NS. The van der Waals surface area contributed by atoms with Gasteiger partial charge in [0.25, 0.3) is 0 Å². The highest BCUT2D eigenvalue weighted by atomic mass is 32.2. The molecule has 4 rings (SSSR count). The third-order valence-electron chi connectivity index (χ3n) is 4.29. The van der Waals surface area contributed by atoms with E-state index in [0.717, 1.165) is 10.6 Å². The number of thioether (sulfide) groups is 1. The van der Waals surface area contributed by atoms with Crippen molar-refractivity contribution in [2.45, 2.75) is 4.90 Å². The van der Waals surface area contributed by atoms with Crippen molar-refractivity contribution in [3.63, 3.8) is 0 Å². The molecule has 0 bridgehead atoms. The van der Waals surface area contributed by atoms with E-state index in [1.165, 1.54) is 33.4 Å². The molecule has 0 unspecified atom stereocenters. The van der Waals surface area contributed by atoms with Crippen LogP contribution in [-0.2, 0) is 0 Å². The highest BCUT2D eigenvalue weighted by Crippen LogP contribution is 2.44. The molecule has 2 heteroatoms. The van der Waals surface area contributed by atoms with Gasteiger partial charge in [-0.3, -0.25) is 0 Å². The molecule has 0 atom stereocenters. The SMILES string of the molecule is CSc1cc(C=C2c3ccccc3-c3ccccc32)ccc1N. The monoisotopic (exact) mass is 315 g/mol. The molecule has 0 fully saturated rings. The summed E-state index contributed by atoms with van der Waals surface area (Å²) in [6, 6.07) is 23.5. The minimum atomic E-state index is 0.840. The van der Waals surface area contributed by atoms with Crippen molar-refractivity contribution in [2.24, 2.45) is 0 Å². The van der Waals surface area contributed by atoms with Gasteiger partial charge in [-0.25, -0.2) is 0 Å². The van der Waals surface area contributed by atoms with E-state index in [1.807, 2.05) is 6.07 Å². The highest BCUT2D eigenvalue weighted by Gasteiger charge is 2.22. The third-order valence-corrected chi connectivity index (χ3v) is 5.09. The minimum absolute atomic E-state index is 0.840. The fourth-order valence-corrected chi connectivity index (χ4v) is 3.75. The first-order chi connectivity index (χ1) is 11.3. The number of anilines is 1. The van der Waals surface area contributed by atoms with Crippen molar-refractivity contribution >= 4 is 29.1 Å². The van der Waals surface area contributed by atoms with Crippen LogP contribution in [0.25, 0.3) is 22.8 Å². The normalized spacial score (nSPS) is 12.0. The Kier molecular flexibility index (Phi) is 3.47. The lowest BCUT2D eigenvalue weighted by Crippen LogP contribution is -1.89. The molecule has 3 aromatic rings. The summed E-state index contributed by atoms with van der Waals surface area (Å²) >= 11 is 1.68. The second-order valence-corrected chi connectivity index (χ2v) is 6.50. The fourth-order valence-electron chi connectivity index (χ4n) is 3.19. The summed E-state index contributed by atoms with van der Waals surface area (Å²) in [6.45, 7) is 0. The summed E-state index contributed by atoms with van der Waals surface area (Å²) in [7, 11) is 0. The number of nitrogens with two attached hydrogens (primary N) is 1. The zero-order chi connectivity index (χ0) is 15.8. The van der Waals surface area contributed by atoms with Crippen LogP contribution in [0.15, 0.2) is 71.6 Å². The van der Waals surface area contributed by atoms with E-state index in [1.54, 1.807) is 11.8 Å². The lowest BCUT2D eigenvalue weighted by atomic mass is 10.0. The predicted octanol–water partition coefficient (Wildman–Crippen LogP) is 5.56. The van der Waals surface area contributed by atoms with Crippen LogP contribution < -0.4 is 5.73 Å². The Morgan fingerprint density at radius 1 is 0.783 bits per heavy atom. The van der Waals surface area contributed by atoms with Crippen molar-refractivity contribution in [1.29, 1.82) is 0 Å². The molecule has 0 spiro atoms. The van der Waals surface area contributed by atoms with E-state index in [2.05, 4.69) is 73.0 Å². The van der Waals surface area contributed by atoms with Gasteiger partial charge in [0.2, 0.25) is 0 Å². The molecule has 1 aliphatic rings. The standard InChI is InChI=1S/C21H17NS/c1-23-21-13-14(10-11-20(21)22)12-19-17-8-4-2-6-15(17)16-7-3-5-9-18(16)19/h2-13H,22H2,1H3. The zero-order valence-corrected chi connectivity index (χ0v) is 13.7. The summed E-state index contributed by atoms with van der Waals surface area (Å²) < 4.78 is 0. The summed E-state index contributed by atoms with van der Waals surface area (Å²) in [4.78, 5) is 1.12. The van der Waals surface area contributed by atoms with E-state index in [0.29, 0.717) is 0 Å². The molecule has 0 saturated carbocycles. The second-order valence-electron chi connectivity index (χ2n) is 5.65. The Labute approximate surface area is 140 Å². The van der Waals surface area contributed by atoms with Crippen LogP contribution in [0.2, 0.25) is 0 Å². The molecule has 112 valence electrons. The Bertz CT molecular complexity index is 877. The molecule has 0 amide bonds. The molecule has 0 saturated heterocycles. The first kappa shape index (κ1) is 14.2. The maximum Gasteiger partial charge on any atom is 0.0452 e. The van der Waals surface area contributed by atoms with E-state index < -0.39 is 0 Å². The van der Waals surface area contributed by atoms with Crippen LogP contribution in [0.5, 0.6) is 0 Å². The van der Waals surface area contributed by atoms with Crippen LogP contribution in [0, 0.1) is 0 Å². The first-order valence-electron chi connectivity index (χ1n) is 7.62. The van der Waals surface area contributed by atoms with Crippen molar-refractivity contribution in [1.82, 2.24) is 0 Å². The molecule has 0 heterocycles. The van der Waals surface area contributed by atoms with Crippen molar-refractivity contribution in [2.75, 3.05) is 12.0 Å². The maximum atomic E-state index is 6.02. The van der Waals surface area contributed by atoms with Gasteiger partial charge < -0.3 is 5.73 Å². The number of fused-ring (bicyclic) bond motifs is 3. The molecule has 0 radical (unpaired) electrons. The van der Waals surface area contributed by atoms with Gasteiger partial charge in [-0.2, -0.15) is 0 Å². The molecule has 0 aromatic heterocycles. The summed E-state index contributed by atoms with van der Waals surface area (Å²) in [6.07, 6.45) is 4.33. The molecule has 3 aromatic carbocycles. The van der Waals surface area contributed by atoms with Crippen molar-refractivity contribution in [3.8, 4) is 11.1 Å². The quantitative estimate of drug-likeness (QED) is 0.387. The van der Waals surface area contributed by atoms with E-state index in [-0.39, 0.29) is 0 Å². The summed E-state index contributed by atoms with van der Waals surface area (Å²) in [5.74, 6) is 0. The summed E-state index contributed by atoms with van der Waals surface area (Å²) in [5.41, 5.74) is 14.6. The predicted molar refractivity (Wildman–Crippen MR) is 101 cm³/mol. The molecule has 0 aliphatic heterocycles.